The first kappa shape index (κ1) is 17.6. The van der Waals surface area contributed by atoms with Crippen molar-refractivity contribution in [3.05, 3.63) is 41.6 Å². The number of carbonyl (C=O) groups is 1. The van der Waals surface area contributed by atoms with Crippen molar-refractivity contribution in [3.8, 4) is 11.5 Å². The average molecular weight is 344 g/mol. The van der Waals surface area contributed by atoms with Crippen LogP contribution in [0.5, 0.6) is 11.5 Å². The van der Waals surface area contributed by atoms with E-state index in [-0.39, 0.29) is 18.2 Å². The Hall–Kier alpha value is -2.71. The van der Waals surface area contributed by atoms with E-state index in [1.165, 1.54) is 7.11 Å². The van der Waals surface area contributed by atoms with Crippen LogP contribution in [0.1, 0.15) is 21.9 Å². The molecule has 1 N–H and O–H groups in total. The van der Waals surface area contributed by atoms with Crippen molar-refractivity contribution in [2.75, 3.05) is 13.7 Å². The zero-order chi connectivity index (χ0) is 17.7. The number of alkyl halides is 3. The summed E-state index contributed by atoms with van der Waals surface area (Å²) in [6.45, 7) is 0.350. The quantitative estimate of drug-likeness (QED) is 0.872. The molecule has 2 aromatic rings. The summed E-state index contributed by atoms with van der Waals surface area (Å²) in [5, 5.41) is 1.70. The molecule has 0 bridgehead atoms. The van der Waals surface area contributed by atoms with Gasteiger partial charge in [-0.05, 0) is 24.6 Å². The molecule has 0 saturated carbocycles. The lowest BCUT2D eigenvalue weighted by Crippen LogP contribution is -2.33. The minimum atomic E-state index is -4.49. The standard InChI is InChI=1S/C15H15F3N2O4/c1-9-3-4-11(12(5-9)22-2)23-7-13-20-10(6-24-13)14(21)19-8-15(16,17)18/h3-6H,7-8H2,1-2H3,(H,19,21). The first-order chi connectivity index (χ1) is 11.3. The lowest BCUT2D eigenvalue weighted by molar-refractivity contribution is -0.123. The van der Waals surface area contributed by atoms with Gasteiger partial charge in [-0.25, -0.2) is 4.98 Å². The van der Waals surface area contributed by atoms with Gasteiger partial charge >= 0.3 is 6.18 Å². The van der Waals surface area contributed by atoms with Crippen LogP contribution < -0.4 is 14.8 Å². The Labute approximate surface area is 135 Å². The van der Waals surface area contributed by atoms with Crippen LogP contribution in [0.3, 0.4) is 0 Å². The van der Waals surface area contributed by atoms with Crippen molar-refractivity contribution in [2.24, 2.45) is 0 Å². The highest BCUT2D eigenvalue weighted by Crippen LogP contribution is 2.28. The van der Waals surface area contributed by atoms with Gasteiger partial charge in [0.05, 0.1) is 7.11 Å². The van der Waals surface area contributed by atoms with Crippen molar-refractivity contribution in [2.45, 2.75) is 19.7 Å². The fraction of sp³-hybridized carbons (Fsp3) is 0.333. The first-order valence-electron chi connectivity index (χ1n) is 6.85. The van der Waals surface area contributed by atoms with Crippen LogP contribution in [-0.4, -0.2) is 30.7 Å². The SMILES string of the molecule is COc1cc(C)ccc1OCc1nc(C(=O)NCC(F)(F)F)co1. The van der Waals surface area contributed by atoms with Crippen LogP contribution in [0.4, 0.5) is 13.2 Å². The lowest BCUT2D eigenvalue weighted by Gasteiger charge is -2.09. The van der Waals surface area contributed by atoms with Crippen LogP contribution in [0.2, 0.25) is 0 Å². The number of aromatic nitrogens is 1. The molecule has 0 radical (unpaired) electrons. The molecule has 130 valence electrons. The maximum absolute atomic E-state index is 12.1. The summed E-state index contributed by atoms with van der Waals surface area (Å²) in [6, 6.07) is 5.30. The third kappa shape index (κ3) is 4.90. The Morgan fingerprint density at radius 3 is 2.75 bits per heavy atom. The van der Waals surface area contributed by atoms with E-state index in [0.717, 1.165) is 11.8 Å². The van der Waals surface area contributed by atoms with Crippen LogP contribution >= 0.6 is 0 Å². The summed E-state index contributed by atoms with van der Waals surface area (Å²) < 4.78 is 51.8. The number of benzene rings is 1. The largest absolute Gasteiger partial charge is 0.493 e. The minimum absolute atomic E-state index is 0.0507. The molecule has 0 saturated heterocycles. The van der Waals surface area contributed by atoms with Crippen molar-refractivity contribution >= 4 is 5.91 Å². The molecule has 6 nitrogen and oxygen atoms in total. The van der Waals surface area contributed by atoms with Gasteiger partial charge in [0.15, 0.2) is 23.8 Å². The summed E-state index contributed by atoms with van der Waals surface area (Å²) in [5.41, 5.74) is 0.729. The smallest absolute Gasteiger partial charge is 0.405 e. The molecule has 0 fully saturated rings. The van der Waals surface area contributed by atoms with E-state index >= 15 is 0 Å². The number of oxazole rings is 1. The van der Waals surface area contributed by atoms with E-state index in [1.807, 2.05) is 13.0 Å². The number of rotatable bonds is 6. The Bertz CT molecular complexity index is 713. The summed E-state index contributed by atoms with van der Waals surface area (Å²) in [4.78, 5) is 15.3. The zero-order valence-electron chi connectivity index (χ0n) is 12.9. The maximum Gasteiger partial charge on any atom is 0.405 e. The van der Waals surface area contributed by atoms with E-state index in [0.29, 0.717) is 11.5 Å². The molecule has 0 unspecified atom stereocenters. The van der Waals surface area contributed by atoms with E-state index in [1.54, 1.807) is 17.4 Å². The van der Waals surface area contributed by atoms with Crippen LogP contribution in [0, 0.1) is 6.92 Å². The van der Waals surface area contributed by atoms with Gasteiger partial charge in [0, 0.05) is 0 Å². The molecule has 1 heterocycles. The third-order valence-corrected chi connectivity index (χ3v) is 2.90. The fourth-order valence-electron chi connectivity index (χ4n) is 1.79. The number of aryl methyl sites for hydroxylation is 1. The number of hydrogen-bond acceptors (Lipinski definition) is 5. The molecule has 1 aromatic heterocycles. The fourth-order valence-corrected chi connectivity index (χ4v) is 1.79. The number of halogens is 3. The minimum Gasteiger partial charge on any atom is -0.493 e. The Morgan fingerprint density at radius 2 is 2.08 bits per heavy atom. The third-order valence-electron chi connectivity index (χ3n) is 2.90. The number of nitrogens with zero attached hydrogens (tertiary/aromatic N) is 1. The molecule has 1 amide bonds. The Balaban J connectivity index is 1.96. The molecule has 0 aliphatic rings. The van der Waals surface area contributed by atoms with Gasteiger partial charge in [-0.1, -0.05) is 6.07 Å². The molecule has 2 rings (SSSR count). The van der Waals surface area contributed by atoms with Gasteiger partial charge in [0.1, 0.15) is 12.8 Å². The summed E-state index contributed by atoms with van der Waals surface area (Å²) in [5.74, 6) is 0.0408. The first-order valence-corrected chi connectivity index (χ1v) is 6.85. The second-order valence-electron chi connectivity index (χ2n) is 4.87. The normalized spacial score (nSPS) is 11.2. The van der Waals surface area contributed by atoms with E-state index in [2.05, 4.69) is 4.98 Å². The number of carbonyl (C=O) groups excluding carboxylic acids is 1. The summed E-state index contributed by atoms with van der Waals surface area (Å²) in [6.07, 6.45) is -3.52. The van der Waals surface area contributed by atoms with Gasteiger partial charge in [0.25, 0.3) is 5.91 Å². The van der Waals surface area contributed by atoms with Crippen molar-refractivity contribution < 1.29 is 31.9 Å². The Kier molecular flexibility index (Phi) is 5.32. The van der Waals surface area contributed by atoms with Crippen molar-refractivity contribution in [3.63, 3.8) is 0 Å². The molecule has 9 heteroatoms. The molecule has 24 heavy (non-hydrogen) atoms. The molecule has 0 atom stereocenters. The maximum atomic E-state index is 12.1. The monoisotopic (exact) mass is 344 g/mol. The molecular formula is C15H15F3N2O4. The van der Waals surface area contributed by atoms with E-state index < -0.39 is 18.6 Å². The van der Waals surface area contributed by atoms with Crippen LogP contribution in [0.25, 0.3) is 0 Å². The highest BCUT2D eigenvalue weighted by atomic mass is 19.4. The number of nitrogens with one attached hydrogen (secondary N) is 1. The molecule has 1 aromatic carbocycles. The topological polar surface area (TPSA) is 73.6 Å². The zero-order valence-corrected chi connectivity index (χ0v) is 12.9. The van der Waals surface area contributed by atoms with E-state index in [9.17, 15) is 18.0 Å². The van der Waals surface area contributed by atoms with Gasteiger partial charge in [-0.3, -0.25) is 4.79 Å². The molecule has 0 aliphatic carbocycles. The number of methoxy groups -OCH3 is 1. The predicted molar refractivity (Wildman–Crippen MR) is 77.0 cm³/mol. The summed E-state index contributed by atoms with van der Waals surface area (Å²) in [7, 11) is 1.50. The molecular weight excluding hydrogens is 329 g/mol. The second kappa shape index (κ2) is 7.24. The van der Waals surface area contributed by atoms with Crippen molar-refractivity contribution in [1.29, 1.82) is 0 Å². The molecule has 0 spiro atoms. The van der Waals surface area contributed by atoms with Crippen molar-refractivity contribution in [1.82, 2.24) is 10.3 Å². The molecule has 0 aliphatic heterocycles. The highest BCUT2D eigenvalue weighted by molar-refractivity contribution is 5.91. The number of hydrogen-bond donors (Lipinski definition) is 1. The average Bonchev–Trinajstić information content (AvgIpc) is 2.99. The van der Waals surface area contributed by atoms with Gasteiger partial charge in [0.2, 0.25) is 5.89 Å². The second-order valence-corrected chi connectivity index (χ2v) is 4.87. The van der Waals surface area contributed by atoms with Crippen LogP contribution in [-0.2, 0) is 6.61 Å². The van der Waals surface area contributed by atoms with Gasteiger partial charge in [-0.15, -0.1) is 0 Å². The van der Waals surface area contributed by atoms with Gasteiger partial charge < -0.3 is 19.2 Å². The number of ether oxygens (including phenoxy) is 2. The summed E-state index contributed by atoms with van der Waals surface area (Å²) >= 11 is 0. The Morgan fingerprint density at radius 1 is 1.33 bits per heavy atom. The van der Waals surface area contributed by atoms with Gasteiger partial charge in [-0.2, -0.15) is 13.2 Å². The van der Waals surface area contributed by atoms with Crippen LogP contribution in [0.15, 0.2) is 28.9 Å². The lowest BCUT2D eigenvalue weighted by atomic mass is 10.2. The van der Waals surface area contributed by atoms with E-state index in [4.69, 9.17) is 13.9 Å². The number of amides is 1. The predicted octanol–water partition coefficient (Wildman–Crippen LogP) is 2.86. The highest BCUT2D eigenvalue weighted by Gasteiger charge is 2.28.